The molecule has 5 nitrogen and oxygen atoms in total. The van der Waals surface area contributed by atoms with E-state index in [1.807, 2.05) is 4.90 Å². The van der Waals surface area contributed by atoms with E-state index in [1.54, 1.807) is 24.3 Å². The third-order valence-corrected chi connectivity index (χ3v) is 6.67. The molecule has 5 rings (SSSR count). The zero-order chi connectivity index (χ0) is 25.6. The van der Waals surface area contributed by atoms with E-state index in [1.165, 1.54) is 37.4 Å². The van der Waals surface area contributed by atoms with Crippen molar-refractivity contribution in [3.63, 3.8) is 0 Å². The lowest BCUT2D eigenvalue weighted by molar-refractivity contribution is -0.152. The first-order valence-electron chi connectivity index (χ1n) is 10.8. The van der Waals surface area contributed by atoms with Gasteiger partial charge in [-0.1, -0.05) is 41.4 Å². The van der Waals surface area contributed by atoms with Gasteiger partial charge in [0.05, 0.1) is 33.7 Å². The van der Waals surface area contributed by atoms with Crippen LogP contribution in [0.5, 0.6) is 11.5 Å². The van der Waals surface area contributed by atoms with E-state index < -0.39 is 22.9 Å². The summed E-state index contributed by atoms with van der Waals surface area (Å²) in [7, 11) is 1.44. The largest absolute Gasteiger partial charge is 0.497 e. The summed E-state index contributed by atoms with van der Waals surface area (Å²) in [6, 6.07) is 14.0. The van der Waals surface area contributed by atoms with Crippen molar-refractivity contribution in [3.05, 3.63) is 91.8 Å². The lowest BCUT2D eigenvalue weighted by Gasteiger charge is -2.29. The predicted molar refractivity (Wildman–Crippen MR) is 131 cm³/mol. The summed E-state index contributed by atoms with van der Waals surface area (Å²) >= 11 is 12.1. The molecule has 1 aromatic heterocycles. The number of alkyl halides is 3. The normalized spacial score (nSPS) is 13.9. The quantitative estimate of drug-likeness (QED) is 0.278. The second kappa shape index (κ2) is 9.35. The van der Waals surface area contributed by atoms with Crippen LogP contribution in [0.25, 0.3) is 22.1 Å². The van der Waals surface area contributed by atoms with Gasteiger partial charge in [-0.25, -0.2) is 0 Å². The number of nitrogens with zero attached hydrogens (tertiary/aromatic N) is 1. The number of rotatable bonds is 4. The molecular weight excluding hydrogens is 518 g/mol. The Hall–Kier alpha value is -3.20. The zero-order valence-corrected chi connectivity index (χ0v) is 20.3. The van der Waals surface area contributed by atoms with Crippen LogP contribution in [0.2, 0.25) is 10.0 Å². The maximum atomic E-state index is 14.1. The van der Waals surface area contributed by atoms with Crippen LogP contribution in [0.15, 0.2) is 63.8 Å². The fourth-order valence-corrected chi connectivity index (χ4v) is 4.55. The van der Waals surface area contributed by atoms with Gasteiger partial charge in [-0.15, -0.1) is 0 Å². The standard InChI is InChI=1S/C26H18Cl2F3NO4/c1-34-16-5-3-15(4-6-16)22-23(33)17-7-9-21-18(24(17)36-25(22)26(29,30)31)12-32(13-35-21)11-14-2-8-19(27)20(28)10-14/h2-10H,11-13H2,1H3. The second-order valence-corrected chi connectivity index (χ2v) is 9.10. The van der Waals surface area contributed by atoms with Crippen LogP contribution in [0.3, 0.4) is 0 Å². The Balaban J connectivity index is 1.61. The molecule has 36 heavy (non-hydrogen) atoms. The Labute approximate surface area is 213 Å². The van der Waals surface area contributed by atoms with Gasteiger partial charge in [0.2, 0.25) is 11.2 Å². The first-order chi connectivity index (χ1) is 17.2. The lowest BCUT2D eigenvalue weighted by atomic mass is 9.99. The average Bonchev–Trinajstić information content (AvgIpc) is 2.85. The van der Waals surface area contributed by atoms with Crippen LogP contribution in [-0.4, -0.2) is 18.7 Å². The minimum absolute atomic E-state index is 0.0348. The molecule has 0 saturated carbocycles. The zero-order valence-electron chi connectivity index (χ0n) is 18.8. The Morgan fingerprint density at radius 1 is 1.03 bits per heavy atom. The van der Waals surface area contributed by atoms with Gasteiger partial charge < -0.3 is 13.9 Å². The first kappa shape index (κ1) is 24.5. The van der Waals surface area contributed by atoms with Gasteiger partial charge in [0.15, 0.2) is 0 Å². The van der Waals surface area contributed by atoms with Gasteiger partial charge >= 0.3 is 6.18 Å². The molecule has 0 saturated heterocycles. The van der Waals surface area contributed by atoms with E-state index in [9.17, 15) is 18.0 Å². The molecule has 4 aromatic rings. The predicted octanol–water partition coefficient (Wildman–Crippen LogP) is 7.15. The van der Waals surface area contributed by atoms with Crippen LogP contribution < -0.4 is 14.9 Å². The summed E-state index contributed by atoms with van der Waals surface area (Å²) in [6.07, 6.45) is -4.90. The smallest absolute Gasteiger partial charge is 0.450 e. The Morgan fingerprint density at radius 3 is 2.44 bits per heavy atom. The Kier molecular flexibility index (Phi) is 6.36. The highest BCUT2D eigenvalue weighted by Gasteiger charge is 2.40. The Morgan fingerprint density at radius 2 is 1.78 bits per heavy atom. The second-order valence-electron chi connectivity index (χ2n) is 8.29. The van der Waals surface area contributed by atoms with Crippen LogP contribution in [-0.2, 0) is 19.3 Å². The van der Waals surface area contributed by atoms with Crippen molar-refractivity contribution in [2.45, 2.75) is 19.3 Å². The van der Waals surface area contributed by atoms with E-state index in [-0.39, 0.29) is 29.8 Å². The minimum Gasteiger partial charge on any atom is -0.497 e. The fourth-order valence-electron chi connectivity index (χ4n) is 4.23. The number of benzene rings is 3. The molecule has 0 radical (unpaired) electrons. The summed E-state index contributed by atoms with van der Waals surface area (Å²) in [5, 5.41) is 0.846. The van der Waals surface area contributed by atoms with Gasteiger partial charge in [-0.05, 0) is 47.5 Å². The summed E-state index contributed by atoms with van der Waals surface area (Å²) in [5.74, 6) is -0.549. The summed E-state index contributed by atoms with van der Waals surface area (Å²) < 4.78 is 58.7. The van der Waals surface area contributed by atoms with E-state index in [2.05, 4.69) is 0 Å². The highest BCUT2D eigenvalue weighted by Crippen LogP contribution is 2.40. The summed E-state index contributed by atoms with van der Waals surface area (Å²) in [6.45, 7) is 0.793. The number of fused-ring (bicyclic) bond motifs is 3. The van der Waals surface area contributed by atoms with Crippen molar-refractivity contribution in [2.75, 3.05) is 13.8 Å². The van der Waals surface area contributed by atoms with Gasteiger partial charge in [0, 0.05) is 13.1 Å². The van der Waals surface area contributed by atoms with Crippen molar-refractivity contribution in [3.8, 4) is 22.6 Å². The maximum absolute atomic E-state index is 14.1. The van der Waals surface area contributed by atoms with E-state index in [0.717, 1.165) is 5.56 Å². The van der Waals surface area contributed by atoms with Crippen molar-refractivity contribution >= 4 is 34.2 Å². The third-order valence-electron chi connectivity index (χ3n) is 5.93. The third kappa shape index (κ3) is 4.52. The molecule has 1 aliphatic rings. The molecule has 0 bridgehead atoms. The van der Waals surface area contributed by atoms with Crippen molar-refractivity contribution < 1.29 is 27.1 Å². The van der Waals surface area contributed by atoms with Crippen molar-refractivity contribution in [2.24, 2.45) is 0 Å². The molecule has 0 unspecified atom stereocenters. The number of halogens is 5. The fraction of sp³-hybridized carbons (Fsp3) is 0.192. The number of hydrogen-bond donors (Lipinski definition) is 0. The van der Waals surface area contributed by atoms with Gasteiger partial charge in [-0.3, -0.25) is 9.69 Å². The molecule has 3 aromatic carbocycles. The minimum atomic E-state index is -4.90. The van der Waals surface area contributed by atoms with Crippen molar-refractivity contribution in [1.82, 2.24) is 4.90 Å². The van der Waals surface area contributed by atoms with E-state index in [4.69, 9.17) is 37.1 Å². The molecule has 0 N–H and O–H groups in total. The Bertz CT molecular complexity index is 1520. The van der Waals surface area contributed by atoms with Crippen LogP contribution >= 0.6 is 23.2 Å². The van der Waals surface area contributed by atoms with Crippen LogP contribution in [0, 0.1) is 0 Å². The van der Waals surface area contributed by atoms with Gasteiger partial charge in [0.1, 0.15) is 23.8 Å². The molecule has 186 valence electrons. The molecule has 0 atom stereocenters. The van der Waals surface area contributed by atoms with Gasteiger partial charge in [-0.2, -0.15) is 13.2 Å². The first-order valence-corrected chi connectivity index (χ1v) is 11.5. The molecular formula is C26H18Cl2F3NO4. The molecule has 0 aliphatic carbocycles. The topological polar surface area (TPSA) is 51.9 Å². The van der Waals surface area contributed by atoms with Crippen LogP contribution in [0.1, 0.15) is 16.9 Å². The van der Waals surface area contributed by atoms with E-state index >= 15 is 0 Å². The molecule has 0 fully saturated rings. The molecule has 0 amide bonds. The number of hydrogen-bond acceptors (Lipinski definition) is 5. The summed E-state index contributed by atoms with van der Waals surface area (Å²) in [4.78, 5) is 15.3. The SMILES string of the molecule is COc1ccc(-c2c(C(F)(F)F)oc3c4c(ccc3c2=O)OCN(Cc2ccc(Cl)c(Cl)c2)C4)cc1. The molecule has 2 heterocycles. The monoisotopic (exact) mass is 535 g/mol. The van der Waals surface area contributed by atoms with Gasteiger partial charge in [0.25, 0.3) is 0 Å². The summed E-state index contributed by atoms with van der Waals surface area (Å²) in [5.41, 5.74) is -0.200. The van der Waals surface area contributed by atoms with Crippen LogP contribution in [0.4, 0.5) is 13.2 Å². The average molecular weight is 536 g/mol. The molecule has 0 spiro atoms. The maximum Gasteiger partial charge on any atom is 0.450 e. The number of ether oxygens (including phenoxy) is 2. The highest BCUT2D eigenvalue weighted by molar-refractivity contribution is 6.42. The van der Waals surface area contributed by atoms with E-state index in [0.29, 0.717) is 33.7 Å². The highest BCUT2D eigenvalue weighted by atomic mass is 35.5. The molecule has 10 heteroatoms. The van der Waals surface area contributed by atoms with Crippen molar-refractivity contribution in [1.29, 1.82) is 0 Å². The lowest BCUT2D eigenvalue weighted by Crippen LogP contribution is -2.32. The molecule has 1 aliphatic heterocycles. The number of methoxy groups -OCH3 is 1.